The molecule has 158 valence electrons. The van der Waals surface area contributed by atoms with Gasteiger partial charge in [0.05, 0.1) is 37.2 Å². The van der Waals surface area contributed by atoms with E-state index in [1.165, 1.54) is 6.92 Å². The number of carbonyl (C=O) groups excluding carboxylic acids is 2. The molecule has 0 radical (unpaired) electrons. The number of nitrogens with two attached hydrogens (primary N) is 1. The summed E-state index contributed by atoms with van der Waals surface area (Å²) in [6, 6.07) is -0.719. The molecule has 1 rings (SSSR count). The third kappa shape index (κ3) is 11.1. The third-order valence-corrected chi connectivity index (χ3v) is 3.84. The first-order valence-electron chi connectivity index (χ1n) is 8.91. The van der Waals surface area contributed by atoms with Crippen molar-refractivity contribution in [1.29, 1.82) is 0 Å². The van der Waals surface area contributed by atoms with E-state index in [1.807, 2.05) is 13.8 Å². The average Bonchev–Trinajstić information content (AvgIpc) is 2.53. The molecule has 10 heteroatoms. The van der Waals surface area contributed by atoms with Gasteiger partial charge in [-0.1, -0.05) is 13.8 Å². The van der Waals surface area contributed by atoms with Gasteiger partial charge in [-0.2, -0.15) is 8.42 Å². The van der Waals surface area contributed by atoms with Gasteiger partial charge in [-0.15, -0.1) is 0 Å². The molecule has 0 saturated heterocycles. The number of rotatable bonds is 7. The van der Waals surface area contributed by atoms with Crippen LogP contribution in [0, 0.1) is 0 Å². The van der Waals surface area contributed by atoms with Crippen LogP contribution in [0.15, 0.2) is 11.6 Å². The maximum absolute atomic E-state index is 12.0. The zero-order valence-corrected chi connectivity index (χ0v) is 17.4. The quantitative estimate of drug-likeness (QED) is 0.414. The maximum Gasteiger partial charge on any atom is 0.333 e. The maximum atomic E-state index is 12.0. The Balaban J connectivity index is 0.00000119. The van der Waals surface area contributed by atoms with Crippen LogP contribution in [0.2, 0.25) is 0 Å². The summed E-state index contributed by atoms with van der Waals surface area (Å²) in [7, 11) is -3.67. The Morgan fingerprint density at radius 1 is 1.33 bits per heavy atom. The molecule has 0 aromatic carbocycles. The zero-order valence-electron chi connectivity index (χ0n) is 16.6. The van der Waals surface area contributed by atoms with E-state index in [1.54, 1.807) is 13.0 Å². The van der Waals surface area contributed by atoms with Crippen LogP contribution >= 0.6 is 0 Å². The Morgan fingerprint density at radius 2 is 1.85 bits per heavy atom. The number of carbonyl (C=O) groups is 2. The normalized spacial score (nSPS) is 22.4. The van der Waals surface area contributed by atoms with Gasteiger partial charge in [-0.05, 0) is 25.8 Å². The molecule has 1 aliphatic rings. The van der Waals surface area contributed by atoms with E-state index in [-0.39, 0.29) is 30.1 Å². The summed E-state index contributed by atoms with van der Waals surface area (Å²) in [6.45, 7) is 7.60. The Labute approximate surface area is 161 Å². The number of ether oxygens (including phenoxy) is 2. The van der Waals surface area contributed by atoms with Crippen LogP contribution in [0.1, 0.15) is 47.0 Å². The van der Waals surface area contributed by atoms with E-state index in [0.29, 0.717) is 24.9 Å². The van der Waals surface area contributed by atoms with Crippen molar-refractivity contribution >= 4 is 22.0 Å². The SMILES string of the molecule is CCOC(=O)C1=C[C@@H](OC(CC)CC)[C@H](N)[C@@H](NC(C)=O)C1.CS(=O)(=O)O. The lowest BCUT2D eigenvalue weighted by atomic mass is 9.88. The lowest BCUT2D eigenvalue weighted by Crippen LogP contribution is -2.56. The highest BCUT2D eigenvalue weighted by Gasteiger charge is 2.35. The van der Waals surface area contributed by atoms with Crippen LogP contribution in [0.25, 0.3) is 0 Å². The molecule has 0 aromatic heterocycles. The van der Waals surface area contributed by atoms with Crippen molar-refractivity contribution in [3.05, 3.63) is 11.6 Å². The van der Waals surface area contributed by atoms with Gasteiger partial charge in [0.15, 0.2) is 0 Å². The first-order valence-corrected chi connectivity index (χ1v) is 10.8. The Bertz CT molecular complexity index is 607. The van der Waals surface area contributed by atoms with Gasteiger partial charge in [0.25, 0.3) is 10.1 Å². The molecule has 0 heterocycles. The minimum Gasteiger partial charge on any atom is -0.463 e. The summed E-state index contributed by atoms with van der Waals surface area (Å²) in [5.74, 6) is -0.547. The minimum absolute atomic E-state index is 0.0758. The van der Waals surface area contributed by atoms with Crippen LogP contribution in [0.3, 0.4) is 0 Å². The van der Waals surface area contributed by atoms with Crippen LogP contribution in [-0.4, -0.2) is 62.0 Å². The minimum atomic E-state index is -3.67. The van der Waals surface area contributed by atoms with Gasteiger partial charge in [0.2, 0.25) is 5.91 Å². The van der Waals surface area contributed by atoms with Crippen molar-refractivity contribution in [2.75, 3.05) is 12.9 Å². The first kappa shape index (κ1) is 25.5. The standard InChI is InChI=1S/C16H28N2O4.CH4O3S/c1-5-12(6-2)22-14-9-11(16(20)21-7-3)8-13(15(14)17)18-10(4)19;1-5(2,3)4/h9,12-15H,5-8,17H2,1-4H3,(H,18,19);1H3,(H,2,3,4)/t13-,14+,15+;/m0./s1. The predicted octanol–water partition coefficient (Wildman–Crippen LogP) is 0.789. The molecule has 9 nitrogen and oxygen atoms in total. The number of amides is 1. The van der Waals surface area contributed by atoms with Crippen LogP contribution in [0.4, 0.5) is 0 Å². The lowest BCUT2D eigenvalue weighted by Gasteiger charge is -2.36. The van der Waals surface area contributed by atoms with Crippen LogP contribution < -0.4 is 11.1 Å². The number of nitrogens with one attached hydrogen (secondary N) is 1. The van der Waals surface area contributed by atoms with E-state index in [9.17, 15) is 18.0 Å². The summed E-state index contributed by atoms with van der Waals surface area (Å²) in [5.41, 5.74) is 6.74. The molecule has 27 heavy (non-hydrogen) atoms. The van der Waals surface area contributed by atoms with Crippen molar-refractivity contribution in [2.45, 2.75) is 71.2 Å². The largest absolute Gasteiger partial charge is 0.463 e. The fraction of sp³-hybridized carbons (Fsp3) is 0.765. The highest BCUT2D eigenvalue weighted by Crippen LogP contribution is 2.23. The van der Waals surface area contributed by atoms with Crippen molar-refractivity contribution in [1.82, 2.24) is 5.32 Å². The second-order valence-electron chi connectivity index (χ2n) is 6.27. The lowest BCUT2D eigenvalue weighted by molar-refractivity contribution is -0.139. The van der Waals surface area contributed by atoms with E-state index < -0.39 is 16.2 Å². The van der Waals surface area contributed by atoms with E-state index in [0.717, 1.165) is 12.8 Å². The third-order valence-electron chi connectivity index (χ3n) is 3.84. The topological polar surface area (TPSA) is 145 Å². The molecule has 0 aliphatic heterocycles. The van der Waals surface area contributed by atoms with Crippen LogP contribution in [-0.2, 0) is 29.2 Å². The molecule has 0 spiro atoms. The van der Waals surface area contributed by atoms with Crippen molar-refractivity contribution in [3.63, 3.8) is 0 Å². The zero-order chi connectivity index (χ0) is 21.2. The smallest absolute Gasteiger partial charge is 0.333 e. The first-order chi connectivity index (χ1) is 12.4. The fourth-order valence-corrected chi connectivity index (χ4v) is 2.60. The summed E-state index contributed by atoms with van der Waals surface area (Å²) in [4.78, 5) is 23.4. The second-order valence-corrected chi connectivity index (χ2v) is 7.74. The van der Waals surface area contributed by atoms with Crippen molar-refractivity contribution in [3.8, 4) is 0 Å². The Hall–Kier alpha value is -1.49. The number of hydrogen-bond donors (Lipinski definition) is 3. The van der Waals surface area contributed by atoms with Gasteiger partial charge in [-0.25, -0.2) is 4.79 Å². The van der Waals surface area contributed by atoms with E-state index >= 15 is 0 Å². The van der Waals surface area contributed by atoms with Gasteiger partial charge in [0.1, 0.15) is 0 Å². The Morgan fingerprint density at radius 3 is 2.26 bits per heavy atom. The highest BCUT2D eigenvalue weighted by atomic mass is 32.2. The predicted molar refractivity (Wildman–Crippen MR) is 102 cm³/mol. The summed E-state index contributed by atoms with van der Waals surface area (Å²) in [6.07, 6.45) is 4.23. The molecule has 1 aliphatic carbocycles. The van der Waals surface area contributed by atoms with Gasteiger partial charge in [0, 0.05) is 18.9 Å². The molecular formula is C17H32N2O7S. The monoisotopic (exact) mass is 408 g/mol. The average molecular weight is 409 g/mol. The van der Waals surface area contributed by atoms with Gasteiger partial charge in [-0.3, -0.25) is 9.35 Å². The molecule has 3 atom stereocenters. The number of hydrogen-bond acceptors (Lipinski definition) is 7. The molecule has 0 unspecified atom stereocenters. The Kier molecular flexibility index (Phi) is 11.4. The molecule has 4 N–H and O–H groups in total. The van der Waals surface area contributed by atoms with E-state index in [4.69, 9.17) is 19.8 Å². The molecule has 0 saturated carbocycles. The van der Waals surface area contributed by atoms with Gasteiger partial charge < -0.3 is 20.5 Å². The second kappa shape index (κ2) is 12.1. The summed E-state index contributed by atoms with van der Waals surface area (Å²) < 4.78 is 36.9. The molecule has 1 amide bonds. The summed E-state index contributed by atoms with van der Waals surface area (Å²) >= 11 is 0. The fourth-order valence-electron chi connectivity index (χ4n) is 2.60. The number of esters is 1. The van der Waals surface area contributed by atoms with Crippen molar-refractivity contribution < 1.29 is 32.0 Å². The van der Waals surface area contributed by atoms with Crippen molar-refractivity contribution in [2.24, 2.45) is 5.73 Å². The molecule has 0 fully saturated rings. The summed E-state index contributed by atoms with van der Waals surface area (Å²) in [5, 5.41) is 2.81. The molecule has 0 bridgehead atoms. The molecular weight excluding hydrogens is 376 g/mol. The molecule has 0 aromatic rings. The highest BCUT2D eigenvalue weighted by molar-refractivity contribution is 7.85. The van der Waals surface area contributed by atoms with Gasteiger partial charge >= 0.3 is 5.97 Å². The van der Waals surface area contributed by atoms with Crippen LogP contribution in [0.5, 0.6) is 0 Å². The van der Waals surface area contributed by atoms with E-state index in [2.05, 4.69) is 5.32 Å².